The summed E-state index contributed by atoms with van der Waals surface area (Å²) in [5.41, 5.74) is 0.912. The monoisotopic (exact) mass is 414 g/mol. The number of imide groups is 1. The normalized spacial score (nSPS) is 10.5. The number of hydrogen-bond donors (Lipinski definition) is 2. The van der Waals surface area contributed by atoms with Gasteiger partial charge in [0.05, 0.1) is 12.3 Å². The number of aryl methyl sites for hydroxylation is 1. The number of hydrogen-bond acceptors (Lipinski definition) is 6. The zero-order valence-electron chi connectivity index (χ0n) is 16.3. The van der Waals surface area contributed by atoms with Crippen LogP contribution >= 0.6 is 0 Å². The molecule has 9 heteroatoms. The van der Waals surface area contributed by atoms with Gasteiger partial charge in [-0.05, 0) is 44.2 Å². The van der Waals surface area contributed by atoms with Gasteiger partial charge in [-0.1, -0.05) is 12.1 Å². The van der Waals surface area contributed by atoms with Crippen LogP contribution in [0.1, 0.15) is 23.0 Å². The van der Waals surface area contributed by atoms with E-state index < -0.39 is 30.3 Å². The number of ether oxygens (including phenoxy) is 2. The topological polar surface area (TPSA) is 107 Å². The van der Waals surface area contributed by atoms with Crippen molar-refractivity contribution in [2.45, 2.75) is 13.8 Å². The molecule has 0 fully saturated rings. The first-order chi connectivity index (χ1) is 14.4. The van der Waals surface area contributed by atoms with Crippen molar-refractivity contribution in [1.29, 1.82) is 0 Å². The average Bonchev–Trinajstić information content (AvgIpc) is 3.04. The third-order valence-corrected chi connectivity index (χ3v) is 4.11. The van der Waals surface area contributed by atoms with E-state index in [2.05, 4.69) is 5.32 Å². The maximum absolute atomic E-state index is 13.5. The highest BCUT2D eigenvalue weighted by Crippen LogP contribution is 2.29. The third kappa shape index (κ3) is 4.75. The summed E-state index contributed by atoms with van der Waals surface area (Å²) < 4.78 is 29.4. The fraction of sp³-hybridized carbons (Fsp3) is 0.190. The summed E-state index contributed by atoms with van der Waals surface area (Å²) in [6, 6.07) is 9.65. The van der Waals surface area contributed by atoms with Crippen LogP contribution in [-0.2, 0) is 9.53 Å². The Kier molecular flexibility index (Phi) is 6.31. The smallest absolute Gasteiger partial charge is 0.375 e. The summed E-state index contributed by atoms with van der Waals surface area (Å²) in [5.74, 6) is -1.81. The minimum Gasteiger partial charge on any atom is -0.494 e. The van der Waals surface area contributed by atoms with Gasteiger partial charge < -0.3 is 19.2 Å². The molecule has 2 N–H and O–H groups in total. The lowest BCUT2D eigenvalue weighted by molar-refractivity contribution is -0.123. The van der Waals surface area contributed by atoms with Crippen LogP contribution in [0.15, 0.2) is 46.9 Å². The van der Waals surface area contributed by atoms with E-state index in [1.165, 1.54) is 18.2 Å². The quantitative estimate of drug-likeness (QED) is 0.595. The predicted molar refractivity (Wildman–Crippen MR) is 106 cm³/mol. The van der Waals surface area contributed by atoms with Gasteiger partial charge in [0.2, 0.25) is 5.76 Å². The summed E-state index contributed by atoms with van der Waals surface area (Å²) in [4.78, 5) is 35.9. The average molecular weight is 414 g/mol. The molecule has 156 valence electrons. The molecule has 1 heterocycles. The Balaban J connectivity index is 1.58. The Labute approximate surface area is 170 Å². The highest BCUT2D eigenvalue weighted by molar-refractivity contribution is 6.02. The highest BCUT2D eigenvalue weighted by Gasteiger charge is 2.21. The molecule has 0 saturated heterocycles. The standard InChI is InChI=1S/C21H19FN2O6/c1-3-28-13-8-9-17-14(10-13)12(2)19(30-17)20(26)29-11-18(25)24-21(27)23-16-7-5-4-6-15(16)22/h4-10H,3,11H2,1-2H3,(H2,23,24,25,27). The van der Waals surface area contributed by atoms with Crippen molar-refractivity contribution < 1.29 is 32.7 Å². The predicted octanol–water partition coefficient (Wildman–Crippen LogP) is 3.78. The molecule has 0 aliphatic carbocycles. The molecule has 0 radical (unpaired) electrons. The van der Waals surface area contributed by atoms with Gasteiger partial charge in [0.25, 0.3) is 5.91 Å². The van der Waals surface area contributed by atoms with Gasteiger partial charge in [-0.25, -0.2) is 14.0 Å². The number of nitrogens with one attached hydrogen (secondary N) is 2. The molecule has 3 amide bonds. The van der Waals surface area contributed by atoms with Crippen LogP contribution in [0.5, 0.6) is 5.75 Å². The molecule has 1 aromatic heterocycles. The molecular formula is C21H19FN2O6. The largest absolute Gasteiger partial charge is 0.494 e. The van der Waals surface area contributed by atoms with Crippen molar-refractivity contribution in [1.82, 2.24) is 5.32 Å². The number of furan rings is 1. The number of urea groups is 1. The van der Waals surface area contributed by atoms with Crippen LogP contribution in [0.3, 0.4) is 0 Å². The van der Waals surface area contributed by atoms with Crippen LogP contribution < -0.4 is 15.4 Å². The zero-order chi connectivity index (χ0) is 21.7. The first-order valence-corrected chi connectivity index (χ1v) is 9.07. The first kappa shape index (κ1) is 20.8. The van der Waals surface area contributed by atoms with Gasteiger partial charge in [0.15, 0.2) is 6.61 Å². The lowest BCUT2D eigenvalue weighted by Gasteiger charge is -2.07. The summed E-state index contributed by atoms with van der Waals surface area (Å²) >= 11 is 0. The molecule has 0 unspecified atom stereocenters. The molecular weight excluding hydrogens is 395 g/mol. The van der Waals surface area contributed by atoms with Gasteiger partial charge >= 0.3 is 12.0 Å². The molecule has 0 saturated carbocycles. The summed E-state index contributed by atoms with van der Waals surface area (Å²) in [5, 5.41) is 4.81. The van der Waals surface area contributed by atoms with E-state index in [0.29, 0.717) is 28.9 Å². The van der Waals surface area contributed by atoms with Gasteiger partial charge in [0, 0.05) is 10.9 Å². The number of anilines is 1. The Morgan fingerprint density at radius 2 is 1.90 bits per heavy atom. The molecule has 0 aliphatic rings. The number of para-hydroxylation sites is 1. The Hall–Kier alpha value is -3.88. The van der Waals surface area contributed by atoms with Crippen LogP contribution in [-0.4, -0.2) is 31.1 Å². The maximum atomic E-state index is 13.5. The molecule has 3 aromatic rings. The molecule has 3 rings (SSSR count). The molecule has 30 heavy (non-hydrogen) atoms. The van der Waals surface area contributed by atoms with Gasteiger partial charge in [-0.3, -0.25) is 10.1 Å². The number of carbonyl (C=O) groups is 3. The van der Waals surface area contributed by atoms with Crippen LogP contribution in [0, 0.1) is 12.7 Å². The number of fused-ring (bicyclic) bond motifs is 1. The minimum atomic E-state index is -0.954. The van der Waals surface area contributed by atoms with E-state index in [9.17, 15) is 18.8 Å². The summed E-state index contributed by atoms with van der Waals surface area (Å²) in [6.07, 6.45) is 0. The highest BCUT2D eigenvalue weighted by atomic mass is 19.1. The van der Waals surface area contributed by atoms with E-state index >= 15 is 0 Å². The molecule has 2 aromatic carbocycles. The Morgan fingerprint density at radius 1 is 1.13 bits per heavy atom. The van der Waals surface area contributed by atoms with Crippen molar-refractivity contribution in [2.24, 2.45) is 0 Å². The molecule has 0 aliphatic heterocycles. The summed E-state index contributed by atoms with van der Waals surface area (Å²) in [7, 11) is 0. The maximum Gasteiger partial charge on any atom is 0.375 e. The molecule has 8 nitrogen and oxygen atoms in total. The molecule has 0 atom stereocenters. The van der Waals surface area contributed by atoms with E-state index in [-0.39, 0.29) is 11.4 Å². The number of rotatable bonds is 6. The summed E-state index contributed by atoms with van der Waals surface area (Å²) in [6.45, 7) is 3.32. The number of halogens is 1. The van der Waals surface area contributed by atoms with Crippen LogP contribution in [0.2, 0.25) is 0 Å². The van der Waals surface area contributed by atoms with Crippen LogP contribution in [0.4, 0.5) is 14.9 Å². The van der Waals surface area contributed by atoms with Crippen molar-refractivity contribution in [3.8, 4) is 5.75 Å². The van der Waals surface area contributed by atoms with Crippen molar-refractivity contribution in [3.63, 3.8) is 0 Å². The van der Waals surface area contributed by atoms with Crippen LogP contribution in [0.25, 0.3) is 11.0 Å². The first-order valence-electron chi connectivity index (χ1n) is 9.07. The van der Waals surface area contributed by atoms with Gasteiger partial charge in [-0.15, -0.1) is 0 Å². The van der Waals surface area contributed by atoms with Crippen molar-refractivity contribution in [2.75, 3.05) is 18.5 Å². The molecule has 0 spiro atoms. The number of benzene rings is 2. The second-order valence-electron chi connectivity index (χ2n) is 6.21. The zero-order valence-corrected chi connectivity index (χ0v) is 16.3. The second kappa shape index (κ2) is 9.08. The minimum absolute atomic E-state index is 0.0535. The van der Waals surface area contributed by atoms with Gasteiger partial charge in [-0.2, -0.15) is 0 Å². The SMILES string of the molecule is CCOc1ccc2oc(C(=O)OCC(=O)NC(=O)Nc3ccccc3F)c(C)c2c1. The van der Waals surface area contributed by atoms with Gasteiger partial charge in [0.1, 0.15) is 17.1 Å². The number of carbonyl (C=O) groups excluding carboxylic acids is 3. The van der Waals surface area contributed by atoms with Crippen molar-refractivity contribution >= 4 is 34.6 Å². The Morgan fingerprint density at radius 3 is 2.63 bits per heavy atom. The third-order valence-electron chi connectivity index (χ3n) is 4.11. The van der Waals surface area contributed by atoms with E-state index in [4.69, 9.17) is 13.9 Å². The van der Waals surface area contributed by atoms with E-state index in [1.807, 2.05) is 12.2 Å². The lowest BCUT2D eigenvalue weighted by atomic mass is 10.1. The molecule has 0 bridgehead atoms. The second-order valence-corrected chi connectivity index (χ2v) is 6.21. The fourth-order valence-corrected chi connectivity index (χ4v) is 2.73. The van der Waals surface area contributed by atoms with E-state index in [0.717, 1.165) is 6.07 Å². The lowest BCUT2D eigenvalue weighted by Crippen LogP contribution is -2.37. The van der Waals surface area contributed by atoms with Crippen molar-refractivity contribution in [3.05, 3.63) is 59.6 Å². The Bertz CT molecular complexity index is 1110. The number of esters is 1. The number of amides is 3. The fourth-order valence-electron chi connectivity index (χ4n) is 2.73. The van der Waals surface area contributed by atoms with E-state index in [1.54, 1.807) is 25.1 Å².